The molecule has 1 aromatic heterocycles. The fraction of sp³-hybridized carbons (Fsp3) is 0.667. The molecule has 4 nitrogen and oxygen atoms in total. The minimum Gasteiger partial charge on any atom is -0.345 e. The molecular formula is C6H10N4S. The van der Waals surface area contributed by atoms with Gasteiger partial charge in [-0.3, -0.25) is 0 Å². The van der Waals surface area contributed by atoms with Gasteiger partial charge in [0.2, 0.25) is 5.13 Å². The Bertz CT molecular complexity index is 222. The molecule has 1 aliphatic heterocycles. The molecule has 1 aliphatic rings. The zero-order chi connectivity index (χ0) is 7.68. The molecule has 1 atom stereocenters. The summed E-state index contributed by atoms with van der Waals surface area (Å²) in [5, 5.41) is 8.75. The molecule has 0 unspecified atom stereocenters. The maximum absolute atomic E-state index is 5.75. The van der Waals surface area contributed by atoms with Crippen LogP contribution in [0.1, 0.15) is 6.42 Å². The molecule has 60 valence electrons. The molecule has 0 saturated carbocycles. The van der Waals surface area contributed by atoms with Gasteiger partial charge in [-0.25, -0.2) is 0 Å². The molecule has 0 bridgehead atoms. The van der Waals surface area contributed by atoms with E-state index in [2.05, 4.69) is 15.1 Å². The SMILES string of the molecule is N[C@@H]1CCN(c2nncs2)C1. The van der Waals surface area contributed by atoms with Crippen molar-refractivity contribution >= 4 is 16.5 Å². The molecule has 2 rings (SSSR count). The Morgan fingerprint density at radius 1 is 1.73 bits per heavy atom. The van der Waals surface area contributed by atoms with Gasteiger partial charge in [0, 0.05) is 19.1 Å². The Labute approximate surface area is 69.0 Å². The second-order valence-electron chi connectivity index (χ2n) is 2.72. The van der Waals surface area contributed by atoms with Crippen LogP contribution in [0.2, 0.25) is 0 Å². The average Bonchev–Trinajstić information content (AvgIpc) is 2.55. The zero-order valence-corrected chi connectivity index (χ0v) is 6.92. The predicted molar refractivity (Wildman–Crippen MR) is 44.7 cm³/mol. The second-order valence-corrected chi connectivity index (χ2v) is 3.53. The van der Waals surface area contributed by atoms with E-state index in [1.807, 2.05) is 0 Å². The minimum atomic E-state index is 0.318. The minimum absolute atomic E-state index is 0.318. The first-order chi connectivity index (χ1) is 5.36. The van der Waals surface area contributed by atoms with Crippen molar-refractivity contribution in [2.45, 2.75) is 12.5 Å². The lowest BCUT2D eigenvalue weighted by Gasteiger charge is -2.11. The first kappa shape index (κ1) is 7.00. The van der Waals surface area contributed by atoms with Crippen LogP contribution in [0.3, 0.4) is 0 Å². The lowest BCUT2D eigenvalue weighted by atomic mass is 10.3. The normalized spacial score (nSPS) is 24.5. The summed E-state index contributed by atoms with van der Waals surface area (Å²) in [6.45, 7) is 1.95. The Morgan fingerprint density at radius 2 is 2.64 bits per heavy atom. The summed E-state index contributed by atoms with van der Waals surface area (Å²) in [6, 6.07) is 0.318. The summed E-state index contributed by atoms with van der Waals surface area (Å²) >= 11 is 1.57. The standard InChI is InChI=1S/C6H10N4S/c7-5-1-2-10(3-5)6-9-8-4-11-6/h4-5H,1-3,7H2/t5-/m1/s1. The lowest BCUT2D eigenvalue weighted by Crippen LogP contribution is -2.26. The van der Waals surface area contributed by atoms with Gasteiger partial charge < -0.3 is 10.6 Å². The molecule has 11 heavy (non-hydrogen) atoms. The molecule has 0 radical (unpaired) electrons. The van der Waals surface area contributed by atoms with Gasteiger partial charge in [-0.1, -0.05) is 11.3 Å². The molecule has 2 heterocycles. The largest absolute Gasteiger partial charge is 0.345 e. The first-order valence-electron chi connectivity index (χ1n) is 3.63. The molecule has 0 aromatic carbocycles. The molecular weight excluding hydrogens is 160 g/mol. The van der Waals surface area contributed by atoms with E-state index >= 15 is 0 Å². The van der Waals surface area contributed by atoms with E-state index in [0.717, 1.165) is 24.6 Å². The van der Waals surface area contributed by atoms with Crippen LogP contribution in [0.25, 0.3) is 0 Å². The Balaban J connectivity index is 2.08. The Hall–Kier alpha value is -0.680. The summed E-state index contributed by atoms with van der Waals surface area (Å²) in [4.78, 5) is 2.18. The number of hydrogen-bond acceptors (Lipinski definition) is 5. The molecule has 2 N–H and O–H groups in total. The molecule has 0 aliphatic carbocycles. The van der Waals surface area contributed by atoms with Crippen molar-refractivity contribution in [1.82, 2.24) is 10.2 Å². The lowest BCUT2D eigenvalue weighted by molar-refractivity contribution is 0.751. The highest BCUT2D eigenvalue weighted by Crippen LogP contribution is 2.19. The van der Waals surface area contributed by atoms with E-state index in [1.54, 1.807) is 16.8 Å². The third-order valence-electron chi connectivity index (χ3n) is 1.84. The van der Waals surface area contributed by atoms with E-state index < -0.39 is 0 Å². The predicted octanol–water partition coefficient (Wildman–Crippen LogP) is 0.0755. The smallest absolute Gasteiger partial charge is 0.208 e. The number of nitrogens with zero attached hydrogens (tertiary/aromatic N) is 3. The van der Waals surface area contributed by atoms with Crippen molar-refractivity contribution in [3.8, 4) is 0 Å². The van der Waals surface area contributed by atoms with Gasteiger partial charge in [-0.15, -0.1) is 10.2 Å². The van der Waals surface area contributed by atoms with Crippen LogP contribution in [0.4, 0.5) is 5.13 Å². The molecule has 0 amide bonds. The molecule has 1 saturated heterocycles. The van der Waals surface area contributed by atoms with Crippen LogP contribution >= 0.6 is 11.3 Å². The topological polar surface area (TPSA) is 55.0 Å². The fourth-order valence-electron chi connectivity index (χ4n) is 1.27. The van der Waals surface area contributed by atoms with Crippen molar-refractivity contribution in [2.24, 2.45) is 5.73 Å². The van der Waals surface area contributed by atoms with Crippen LogP contribution in [0.15, 0.2) is 5.51 Å². The van der Waals surface area contributed by atoms with Crippen molar-refractivity contribution < 1.29 is 0 Å². The van der Waals surface area contributed by atoms with Crippen LogP contribution in [-0.4, -0.2) is 29.3 Å². The van der Waals surface area contributed by atoms with Crippen molar-refractivity contribution in [3.63, 3.8) is 0 Å². The number of anilines is 1. The highest BCUT2D eigenvalue weighted by Gasteiger charge is 2.20. The number of aromatic nitrogens is 2. The number of rotatable bonds is 1. The summed E-state index contributed by atoms with van der Waals surface area (Å²) in [5.41, 5.74) is 7.50. The van der Waals surface area contributed by atoms with Crippen LogP contribution in [-0.2, 0) is 0 Å². The van der Waals surface area contributed by atoms with E-state index in [-0.39, 0.29) is 0 Å². The highest BCUT2D eigenvalue weighted by atomic mass is 32.1. The molecule has 1 fully saturated rings. The zero-order valence-electron chi connectivity index (χ0n) is 6.10. The van der Waals surface area contributed by atoms with E-state index in [1.165, 1.54) is 0 Å². The quantitative estimate of drug-likeness (QED) is 0.648. The van der Waals surface area contributed by atoms with Gasteiger partial charge in [-0.05, 0) is 6.42 Å². The van der Waals surface area contributed by atoms with Crippen LogP contribution in [0, 0.1) is 0 Å². The summed E-state index contributed by atoms with van der Waals surface area (Å²) in [6.07, 6.45) is 1.07. The Morgan fingerprint density at radius 3 is 3.18 bits per heavy atom. The summed E-state index contributed by atoms with van der Waals surface area (Å²) < 4.78 is 0. The van der Waals surface area contributed by atoms with Gasteiger partial charge >= 0.3 is 0 Å². The third-order valence-corrected chi connectivity index (χ3v) is 2.59. The van der Waals surface area contributed by atoms with Gasteiger partial charge in [0.1, 0.15) is 5.51 Å². The molecule has 5 heteroatoms. The Kier molecular flexibility index (Phi) is 1.75. The summed E-state index contributed by atoms with van der Waals surface area (Å²) in [7, 11) is 0. The monoisotopic (exact) mass is 170 g/mol. The highest BCUT2D eigenvalue weighted by molar-refractivity contribution is 7.13. The van der Waals surface area contributed by atoms with Crippen molar-refractivity contribution in [3.05, 3.63) is 5.51 Å². The summed E-state index contributed by atoms with van der Waals surface area (Å²) in [5.74, 6) is 0. The third kappa shape index (κ3) is 1.34. The van der Waals surface area contributed by atoms with E-state index in [4.69, 9.17) is 5.73 Å². The molecule has 1 aromatic rings. The van der Waals surface area contributed by atoms with Gasteiger partial charge in [0.15, 0.2) is 0 Å². The first-order valence-corrected chi connectivity index (χ1v) is 4.51. The average molecular weight is 170 g/mol. The van der Waals surface area contributed by atoms with Gasteiger partial charge in [0.05, 0.1) is 0 Å². The number of hydrogen-bond donors (Lipinski definition) is 1. The van der Waals surface area contributed by atoms with Crippen LogP contribution in [0.5, 0.6) is 0 Å². The van der Waals surface area contributed by atoms with E-state index in [9.17, 15) is 0 Å². The maximum atomic E-state index is 5.75. The van der Waals surface area contributed by atoms with Crippen molar-refractivity contribution in [2.75, 3.05) is 18.0 Å². The van der Waals surface area contributed by atoms with Gasteiger partial charge in [0.25, 0.3) is 0 Å². The maximum Gasteiger partial charge on any atom is 0.208 e. The fourth-order valence-corrected chi connectivity index (χ4v) is 1.86. The van der Waals surface area contributed by atoms with E-state index in [0.29, 0.717) is 6.04 Å². The van der Waals surface area contributed by atoms with Crippen LogP contribution < -0.4 is 10.6 Å². The van der Waals surface area contributed by atoms with Crippen molar-refractivity contribution in [1.29, 1.82) is 0 Å². The molecule has 0 spiro atoms. The second kappa shape index (κ2) is 2.75. The number of nitrogens with two attached hydrogens (primary N) is 1. The van der Waals surface area contributed by atoms with Gasteiger partial charge in [-0.2, -0.15) is 0 Å².